The van der Waals surface area contributed by atoms with Gasteiger partial charge in [-0.2, -0.15) is 0 Å². The van der Waals surface area contributed by atoms with Crippen molar-refractivity contribution in [3.05, 3.63) is 34.3 Å². The van der Waals surface area contributed by atoms with Crippen molar-refractivity contribution in [3.63, 3.8) is 0 Å². The summed E-state index contributed by atoms with van der Waals surface area (Å²) in [7, 11) is 0. The number of hydrogen-bond acceptors (Lipinski definition) is 1. The minimum Gasteiger partial charge on any atom is -0.300 e. The lowest BCUT2D eigenvalue weighted by atomic mass is 9.86. The Balaban J connectivity index is 2.84. The van der Waals surface area contributed by atoms with E-state index in [-0.39, 0.29) is 11.7 Å². The summed E-state index contributed by atoms with van der Waals surface area (Å²) in [5.74, 6) is 0.805. The van der Waals surface area contributed by atoms with Crippen LogP contribution in [-0.2, 0) is 11.2 Å². The summed E-state index contributed by atoms with van der Waals surface area (Å²) in [6.07, 6.45) is 0.828. The average molecular weight is 269 g/mol. The van der Waals surface area contributed by atoms with Crippen molar-refractivity contribution in [2.45, 2.75) is 27.2 Å². The number of ketones is 1. The standard InChI is InChI=1S/C13H17BrO/c1-9(2)12(10(3)15)8-11-6-4-5-7-13(11)14/h4-7,9,12H,8H2,1-3H3. The fourth-order valence-corrected chi connectivity index (χ4v) is 2.20. The number of benzene rings is 1. The third-order valence-electron chi connectivity index (χ3n) is 2.72. The number of rotatable bonds is 4. The van der Waals surface area contributed by atoms with Gasteiger partial charge in [0.1, 0.15) is 5.78 Å². The summed E-state index contributed by atoms with van der Waals surface area (Å²) in [5, 5.41) is 0. The Labute approximate surface area is 100 Å². The van der Waals surface area contributed by atoms with Gasteiger partial charge >= 0.3 is 0 Å². The number of carbonyl (C=O) groups excluding carboxylic acids is 1. The smallest absolute Gasteiger partial charge is 0.133 e. The molecule has 0 aromatic heterocycles. The second-order valence-corrected chi connectivity index (χ2v) is 5.11. The van der Waals surface area contributed by atoms with E-state index in [1.165, 1.54) is 5.56 Å². The second-order valence-electron chi connectivity index (χ2n) is 4.26. The molecule has 0 aliphatic rings. The van der Waals surface area contributed by atoms with E-state index in [2.05, 4.69) is 35.8 Å². The van der Waals surface area contributed by atoms with Crippen LogP contribution in [0.3, 0.4) is 0 Å². The summed E-state index contributed by atoms with van der Waals surface area (Å²) in [5.41, 5.74) is 1.21. The molecule has 0 aliphatic carbocycles. The maximum atomic E-state index is 11.5. The first kappa shape index (κ1) is 12.4. The molecule has 0 heterocycles. The fraction of sp³-hybridized carbons (Fsp3) is 0.462. The zero-order chi connectivity index (χ0) is 11.4. The summed E-state index contributed by atoms with van der Waals surface area (Å²) >= 11 is 3.51. The highest BCUT2D eigenvalue weighted by Crippen LogP contribution is 2.23. The topological polar surface area (TPSA) is 17.1 Å². The first-order valence-corrected chi connectivity index (χ1v) is 6.05. The maximum absolute atomic E-state index is 11.5. The second kappa shape index (κ2) is 5.45. The van der Waals surface area contributed by atoms with Gasteiger partial charge in [0.15, 0.2) is 0 Å². The third kappa shape index (κ3) is 3.45. The molecule has 1 unspecified atom stereocenters. The molecule has 82 valence electrons. The van der Waals surface area contributed by atoms with Crippen LogP contribution in [0.15, 0.2) is 28.7 Å². The molecule has 2 heteroatoms. The minimum atomic E-state index is 0.128. The predicted octanol–water partition coefficient (Wildman–Crippen LogP) is 3.85. The molecule has 0 spiro atoms. The lowest BCUT2D eigenvalue weighted by Gasteiger charge is -2.18. The fourth-order valence-electron chi connectivity index (χ4n) is 1.75. The lowest BCUT2D eigenvalue weighted by molar-refractivity contribution is -0.121. The SMILES string of the molecule is CC(=O)C(Cc1ccccc1Br)C(C)C. The molecule has 15 heavy (non-hydrogen) atoms. The van der Waals surface area contributed by atoms with Crippen LogP contribution in [0.5, 0.6) is 0 Å². The quantitative estimate of drug-likeness (QED) is 0.811. The Morgan fingerprint density at radius 2 is 1.93 bits per heavy atom. The molecular weight excluding hydrogens is 252 g/mol. The molecule has 0 saturated heterocycles. The maximum Gasteiger partial charge on any atom is 0.133 e. The highest BCUT2D eigenvalue weighted by molar-refractivity contribution is 9.10. The van der Waals surface area contributed by atoms with Crippen molar-refractivity contribution in [1.29, 1.82) is 0 Å². The highest BCUT2D eigenvalue weighted by Gasteiger charge is 2.19. The van der Waals surface area contributed by atoms with E-state index >= 15 is 0 Å². The van der Waals surface area contributed by atoms with Crippen LogP contribution in [0.1, 0.15) is 26.3 Å². The van der Waals surface area contributed by atoms with Gasteiger partial charge in [0.2, 0.25) is 0 Å². The monoisotopic (exact) mass is 268 g/mol. The van der Waals surface area contributed by atoms with E-state index in [1.807, 2.05) is 18.2 Å². The molecule has 0 fully saturated rings. The molecule has 1 aromatic carbocycles. The van der Waals surface area contributed by atoms with Gasteiger partial charge in [0, 0.05) is 10.4 Å². The van der Waals surface area contributed by atoms with Gasteiger partial charge in [-0.05, 0) is 30.9 Å². The van der Waals surface area contributed by atoms with E-state index in [0.717, 1.165) is 10.9 Å². The summed E-state index contributed by atoms with van der Waals surface area (Å²) in [4.78, 5) is 11.5. The van der Waals surface area contributed by atoms with Gasteiger partial charge in [0.25, 0.3) is 0 Å². The van der Waals surface area contributed by atoms with Crippen LogP contribution in [0.25, 0.3) is 0 Å². The summed E-state index contributed by atoms with van der Waals surface area (Å²) < 4.78 is 1.09. The molecule has 1 atom stereocenters. The van der Waals surface area contributed by atoms with E-state index in [4.69, 9.17) is 0 Å². The number of Topliss-reactive ketones (excluding diaryl/α,β-unsaturated/α-hetero) is 1. The van der Waals surface area contributed by atoms with Crippen LogP contribution in [-0.4, -0.2) is 5.78 Å². The van der Waals surface area contributed by atoms with E-state index in [1.54, 1.807) is 6.92 Å². The van der Waals surface area contributed by atoms with Gasteiger partial charge in [-0.25, -0.2) is 0 Å². The Kier molecular flexibility index (Phi) is 4.52. The predicted molar refractivity (Wildman–Crippen MR) is 66.9 cm³/mol. The Bertz CT molecular complexity index is 344. The third-order valence-corrected chi connectivity index (χ3v) is 3.50. The first-order chi connectivity index (χ1) is 7.02. The summed E-state index contributed by atoms with van der Waals surface area (Å²) in [6.45, 7) is 5.88. The molecule has 1 aromatic rings. The van der Waals surface area contributed by atoms with Crippen LogP contribution in [0.2, 0.25) is 0 Å². The van der Waals surface area contributed by atoms with Crippen molar-refractivity contribution in [2.75, 3.05) is 0 Å². The van der Waals surface area contributed by atoms with Crippen molar-refractivity contribution in [1.82, 2.24) is 0 Å². The molecule has 0 bridgehead atoms. The van der Waals surface area contributed by atoms with E-state index in [9.17, 15) is 4.79 Å². The molecule has 1 rings (SSSR count). The van der Waals surface area contributed by atoms with Crippen molar-refractivity contribution in [2.24, 2.45) is 11.8 Å². The normalized spacial score (nSPS) is 12.9. The van der Waals surface area contributed by atoms with E-state index in [0.29, 0.717) is 5.92 Å². The molecular formula is C13H17BrO. The van der Waals surface area contributed by atoms with Crippen molar-refractivity contribution < 1.29 is 4.79 Å². The van der Waals surface area contributed by atoms with Crippen LogP contribution in [0.4, 0.5) is 0 Å². The van der Waals surface area contributed by atoms with Crippen LogP contribution < -0.4 is 0 Å². The number of carbonyl (C=O) groups is 1. The first-order valence-electron chi connectivity index (χ1n) is 5.26. The zero-order valence-corrected chi connectivity index (χ0v) is 11.0. The number of hydrogen-bond donors (Lipinski definition) is 0. The van der Waals surface area contributed by atoms with Gasteiger partial charge in [-0.3, -0.25) is 4.79 Å². The van der Waals surface area contributed by atoms with Gasteiger partial charge in [0.05, 0.1) is 0 Å². The Hall–Kier alpha value is -0.630. The van der Waals surface area contributed by atoms with Crippen molar-refractivity contribution >= 4 is 21.7 Å². The molecule has 0 radical (unpaired) electrons. The molecule has 1 nitrogen and oxygen atoms in total. The van der Waals surface area contributed by atoms with Crippen LogP contribution in [0, 0.1) is 11.8 Å². The molecule has 0 aliphatic heterocycles. The average Bonchev–Trinajstić information content (AvgIpc) is 2.15. The van der Waals surface area contributed by atoms with Gasteiger partial charge < -0.3 is 0 Å². The van der Waals surface area contributed by atoms with Crippen molar-refractivity contribution in [3.8, 4) is 0 Å². The zero-order valence-electron chi connectivity index (χ0n) is 9.46. The van der Waals surface area contributed by atoms with Crippen LogP contribution >= 0.6 is 15.9 Å². The minimum absolute atomic E-state index is 0.128. The number of halogens is 1. The van der Waals surface area contributed by atoms with Gasteiger partial charge in [-0.15, -0.1) is 0 Å². The Morgan fingerprint density at radius 3 is 2.40 bits per heavy atom. The lowest BCUT2D eigenvalue weighted by Crippen LogP contribution is -2.20. The molecule has 0 saturated carbocycles. The molecule has 0 N–H and O–H groups in total. The highest BCUT2D eigenvalue weighted by atomic mass is 79.9. The van der Waals surface area contributed by atoms with Gasteiger partial charge in [-0.1, -0.05) is 48.0 Å². The summed E-state index contributed by atoms with van der Waals surface area (Å²) in [6, 6.07) is 8.10. The molecule has 0 amide bonds. The van der Waals surface area contributed by atoms with E-state index < -0.39 is 0 Å². The largest absolute Gasteiger partial charge is 0.300 e. The Morgan fingerprint density at radius 1 is 1.33 bits per heavy atom.